The number of amides is 1. The Labute approximate surface area is 248 Å². The highest BCUT2D eigenvalue weighted by atomic mass is 32.2. The van der Waals surface area contributed by atoms with Crippen LogP contribution < -0.4 is 10.6 Å². The molecule has 1 aliphatic carbocycles. The maximum absolute atomic E-state index is 16.6. The van der Waals surface area contributed by atoms with Crippen LogP contribution in [0.15, 0.2) is 66.1 Å². The van der Waals surface area contributed by atoms with Crippen molar-refractivity contribution >= 4 is 21.5 Å². The number of sulfonamides is 1. The summed E-state index contributed by atoms with van der Waals surface area (Å²) in [5.74, 6) is -7.66. The summed E-state index contributed by atoms with van der Waals surface area (Å²) in [5, 5.41) is 0. The standard InChI is InChI=1S/C30H36F5N3O4S/c1-20(30(33,34)35)21-12-14-23(15-13-21)29(31,32)26(28(39)38-18-16-24(36)17-19-38)27(22-8-4-2-5-9-22)42-37-43(40,41)25-10-6-3-7-11-25/h3,6-7,10-15,22,24,26-27,37H,1-2,4-5,8-9,16-19,36H2. The van der Waals surface area contributed by atoms with Gasteiger partial charge in [0.05, 0.1) is 10.5 Å². The minimum Gasteiger partial charge on any atom is -0.342 e. The zero-order valence-corrected chi connectivity index (χ0v) is 24.3. The van der Waals surface area contributed by atoms with Gasteiger partial charge in [-0.3, -0.25) is 9.63 Å². The summed E-state index contributed by atoms with van der Waals surface area (Å²) in [6.45, 7) is 3.27. The van der Waals surface area contributed by atoms with E-state index in [4.69, 9.17) is 10.6 Å². The molecule has 1 heterocycles. The van der Waals surface area contributed by atoms with Crippen LogP contribution in [-0.2, 0) is 25.6 Å². The molecular weight excluding hydrogens is 593 g/mol. The third-order valence-electron chi connectivity index (χ3n) is 8.26. The number of carbonyl (C=O) groups excluding carboxylic acids is 1. The monoisotopic (exact) mass is 629 g/mol. The molecule has 2 aromatic rings. The lowest BCUT2D eigenvalue weighted by molar-refractivity contribution is -0.183. The van der Waals surface area contributed by atoms with E-state index in [1.807, 2.05) is 4.89 Å². The summed E-state index contributed by atoms with van der Waals surface area (Å²) in [7, 11) is -4.30. The van der Waals surface area contributed by atoms with Gasteiger partial charge in [-0.1, -0.05) is 73.2 Å². The molecule has 1 amide bonds. The molecule has 13 heteroatoms. The van der Waals surface area contributed by atoms with Gasteiger partial charge >= 0.3 is 6.18 Å². The number of allylic oxidation sites excluding steroid dienone is 1. The highest BCUT2D eigenvalue weighted by Gasteiger charge is 2.55. The van der Waals surface area contributed by atoms with Crippen LogP contribution in [0.3, 0.4) is 0 Å². The number of carbonyl (C=O) groups is 1. The van der Waals surface area contributed by atoms with Gasteiger partial charge in [0.1, 0.15) is 12.0 Å². The first-order valence-electron chi connectivity index (χ1n) is 14.2. The van der Waals surface area contributed by atoms with Crippen molar-refractivity contribution in [2.24, 2.45) is 17.6 Å². The number of hydrogen-bond acceptors (Lipinski definition) is 5. The molecule has 1 saturated carbocycles. The summed E-state index contributed by atoms with van der Waals surface area (Å²) in [4.78, 5) is 22.8. The summed E-state index contributed by atoms with van der Waals surface area (Å²) in [5.41, 5.74) is 3.68. The van der Waals surface area contributed by atoms with Crippen molar-refractivity contribution in [2.45, 2.75) is 74.1 Å². The molecule has 2 fully saturated rings. The van der Waals surface area contributed by atoms with Gasteiger partial charge in [-0.05, 0) is 49.3 Å². The lowest BCUT2D eigenvalue weighted by Crippen LogP contribution is -2.55. The minimum atomic E-state index is -4.76. The maximum atomic E-state index is 16.6. The quantitative estimate of drug-likeness (QED) is 0.257. The van der Waals surface area contributed by atoms with Gasteiger partial charge in [0.2, 0.25) is 5.91 Å². The molecular formula is C30H36F5N3O4S. The number of benzene rings is 2. The molecule has 2 aliphatic rings. The second-order valence-electron chi connectivity index (χ2n) is 11.2. The van der Waals surface area contributed by atoms with Gasteiger partial charge in [-0.15, -0.1) is 0 Å². The van der Waals surface area contributed by atoms with Gasteiger partial charge in [0, 0.05) is 24.7 Å². The van der Waals surface area contributed by atoms with Crippen molar-refractivity contribution in [2.75, 3.05) is 13.1 Å². The molecule has 2 aromatic carbocycles. The van der Waals surface area contributed by atoms with E-state index in [-0.39, 0.29) is 24.0 Å². The fraction of sp³-hybridized carbons (Fsp3) is 0.500. The van der Waals surface area contributed by atoms with Gasteiger partial charge < -0.3 is 10.6 Å². The molecule has 7 nitrogen and oxygen atoms in total. The van der Waals surface area contributed by atoms with Crippen molar-refractivity contribution in [3.05, 3.63) is 72.3 Å². The number of likely N-dealkylation sites (tertiary alicyclic amines) is 1. The predicted octanol–water partition coefficient (Wildman–Crippen LogP) is 5.78. The second-order valence-corrected chi connectivity index (χ2v) is 12.8. The second kappa shape index (κ2) is 13.4. The van der Waals surface area contributed by atoms with Gasteiger partial charge in [0.15, 0.2) is 0 Å². The van der Waals surface area contributed by atoms with Crippen LogP contribution in [-0.4, -0.2) is 50.6 Å². The van der Waals surface area contributed by atoms with Crippen LogP contribution in [0.5, 0.6) is 0 Å². The minimum absolute atomic E-state index is 0.129. The van der Waals surface area contributed by atoms with Crippen LogP contribution in [0.25, 0.3) is 5.57 Å². The first-order valence-corrected chi connectivity index (χ1v) is 15.7. The van der Waals surface area contributed by atoms with Crippen molar-refractivity contribution in [3.63, 3.8) is 0 Å². The molecule has 0 aromatic heterocycles. The third-order valence-corrected chi connectivity index (χ3v) is 9.47. The third kappa shape index (κ3) is 7.81. The lowest BCUT2D eigenvalue weighted by atomic mass is 9.76. The van der Waals surface area contributed by atoms with E-state index in [0.29, 0.717) is 38.5 Å². The van der Waals surface area contributed by atoms with E-state index in [1.165, 1.54) is 29.2 Å². The average Bonchev–Trinajstić information content (AvgIpc) is 2.99. The van der Waals surface area contributed by atoms with E-state index < -0.39 is 62.7 Å². The highest BCUT2D eigenvalue weighted by Crippen LogP contribution is 2.45. The summed E-state index contributed by atoms with van der Waals surface area (Å²) in [6.07, 6.45) is -2.50. The van der Waals surface area contributed by atoms with Crippen LogP contribution in [0, 0.1) is 11.8 Å². The molecule has 0 radical (unpaired) electrons. The SMILES string of the molecule is C=C(c1ccc(C(F)(F)C(C(=O)N2CCC(N)CC2)C(ONS(=O)(=O)c2ccccc2)C2CCCCC2)cc1)C(F)(F)F. The Bertz CT molecular complexity index is 1360. The number of alkyl halides is 5. The predicted molar refractivity (Wildman–Crippen MR) is 151 cm³/mol. The first-order chi connectivity index (χ1) is 20.2. The Morgan fingerprint density at radius 3 is 2.07 bits per heavy atom. The normalized spacial score (nSPS) is 19.2. The average molecular weight is 630 g/mol. The van der Waals surface area contributed by atoms with Crippen molar-refractivity contribution in [1.29, 1.82) is 0 Å². The van der Waals surface area contributed by atoms with Gasteiger partial charge in [0.25, 0.3) is 15.9 Å². The van der Waals surface area contributed by atoms with Gasteiger partial charge in [-0.2, -0.15) is 13.2 Å². The van der Waals surface area contributed by atoms with E-state index in [9.17, 15) is 26.4 Å². The Morgan fingerprint density at radius 2 is 1.51 bits per heavy atom. The van der Waals surface area contributed by atoms with Crippen molar-refractivity contribution in [3.8, 4) is 0 Å². The van der Waals surface area contributed by atoms with Crippen LogP contribution >= 0.6 is 0 Å². The fourth-order valence-corrected chi connectivity index (χ4v) is 6.57. The van der Waals surface area contributed by atoms with E-state index in [1.54, 1.807) is 6.07 Å². The molecule has 0 bridgehead atoms. The van der Waals surface area contributed by atoms with Crippen molar-refractivity contribution < 1.29 is 40.0 Å². The topological polar surface area (TPSA) is 102 Å². The maximum Gasteiger partial charge on any atom is 0.416 e. The Morgan fingerprint density at radius 1 is 0.930 bits per heavy atom. The van der Waals surface area contributed by atoms with E-state index in [2.05, 4.69) is 6.58 Å². The fourth-order valence-electron chi connectivity index (χ4n) is 5.72. The lowest BCUT2D eigenvalue weighted by Gasteiger charge is -2.41. The Hall–Kier alpha value is -2.87. The molecule has 236 valence electrons. The number of hydrogen-bond donors (Lipinski definition) is 2. The van der Waals surface area contributed by atoms with Crippen LogP contribution in [0.4, 0.5) is 22.0 Å². The summed E-state index contributed by atoms with van der Waals surface area (Å²) in [6, 6.07) is 10.5. The number of piperidine rings is 1. The summed E-state index contributed by atoms with van der Waals surface area (Å²) < 4.78 is 98.8. The zero-order chi connectivity index (χ0) is 31.4. The first kappa shape index (κ1) is 33.0. The van der Waals surface area contributed by atoms with E-state index >= 15 is 8.78 Å². The molecule has 3 N–H and O–H groups in total. The Balaban J connectivity index is 1.74. The molecule has 43 heavy (non-hydrogen) atoms. The van der Waals surface area contributed by atoms with E-state index in [0.717, 1.165) is 30.7 Å². The molecule has 2 unspecified atom stereocenters. The number of rotatable bonds is 10. The molecule has 2 atom stereocenters. The zero-order valence-electron chi connectivity index (χ0n) is 23.5. The molecule has 0 spiro atoms. The molecule has 1 saturated heterocycles. The van der Waals surface area contributed by atoms with Crippen LogP contribution in [0.1, 0.15) is 56.1 Å². The number of nitrogens with two attached hydrogens (primary N) is 1. The number of nitrogens with one attached hydrogen (secondary N) is 1. The number of halogens is 5. The van der Waals surface area contributed by atoms with Gasteiger partial charge in [-0.25, -0.2) is 17.2 Å². The summed E-state index contributed by atoms with van der Waals surface area (Å²) >= 11 is 0. The highest BCUT2D eigenvalue weighted by molar-refractivity contribution is 7.89. The van der Waals surface area contributed by atoms with Crippen molar-refractivity contribution in [1.82, 2.24) is 9.79 Å². The molecule has 1 aliphatic heterocycles. The Kier molecular flexibility index (Phi) is 10.3. The smallest absolute Gasteiger partial charge is 0.342 e. The molecule has 4 rings (SSSR count). The largest absolute Gasteiger partial charge is 0.416 e. The number of nitrogens with zero attached hydrogens (tertiary/aromatic N) is 1. The van der Waals surface area contributed by atoms with Crippen LogP contribution in [0.2, 0.25) is 0 Å².